The van der Waals surface area contributed by atoms with Crippen molar-refractivity contribution in [1.29, 1.82) is 0 Å². The molecular formula is C23H33N3O3. The van der Waals surface area contributed by atoms with Crippen molar-refractivity contribution in [2.24, 2.45) is 11.8 Å². The largest absolute Gasteiger partial charge is 0.348 e. The number of nitrogens with one attached hydrogen (secondary N) is 2. The van der Waals surface area contributed by atoms with E-state index < -0.39 is 11.6 Å². The molecule has 1 heterocycles. The number of amides is 4. The van der Waals surface area contributed by atoms with Gasteiger partial charge in [0.15, 0.2) is 0 Å². The number of hydrogen-bond donors (Lipinski definition) is 2. The van der Waals surface area contributed by atoms with Crippen LogP contribution in [0.1, 0.15) is 70.5 Å². The summed E-state index contributed by atoms with van der Waals surface area (Å²) in [7, 11) is 0. The molecule has 1 aromatic carbocycles. The van der Waals surface area contributed by atoms with Crippen LogP contribution in [0.25, 0.3) is 0 Å². The molecule has 29 heavy (non-hydrogen) atoms. The molecule has 1 saturated heterocycles. The van der Waals surface area contributed by atoms with Crippen LogP contribution in [0.15, 0.2) is 24.3 Å². The number of imide groups is 1. The van der Waals surface area contributed by atoms with Gasteiger partial charge in [-0.2, -0.15) is 0 Å². The Morgan fingerprint density at radius 1 is 1.21 bits per heavy atom. The lowest BCUT2D eigenvalue weighted by atomic mass is 9.73. The van der Waals surface area contributed by atoms with Crippen molar-refractivity contribution in [2.75, 3.05) is 6.54 Å². The van der Waals surface area contributed by atoms with Gasteiger partial charge in [0.2, 0.25) is 5.91 Å². The van der Waals surface area contributed by atoms with Crippen LogP contribution in [0.3, 0.4) is 0 Å². The Morgan fingerprint density at radius 2 is 1.90 bits per heavy atom. The van der Waals surface area contributed by atoms with Crippen LogP contribution in [0.2, 0.25) is 0 Å². The minimum Gasteiger partial charge on any atom is -0.348 e. The van der Waals surface area contributed by atoms with Crippen molar-refractivity contribution in [3.8, 4) is 0 Å². The number of carbonyl (C=O) groups excluding carboxylic acids is 3. The summed E-state index contributed by atoms with van der Waals surface area (Å²) in [5.41, 5.74) is 1.45. The average molecular weight is 400 g/mol. The molecule has 158 valence electrons. The second kappa shape index (κ2) is 8.56. The predicted octanol–water partition coefficient (Wildman–Crippen LogP) is 3.56. The van der Waals surface area contributed by atoms with Gasteiger partial charge in [0.25, 0.3) is 5.91 Å². The van der Waals surface area contributed by atoms with Gasteiger partial charge >= 0.3 is 6.03 Å². The molecule has 3 unspecified atom stereocenters. The van der Waals surface area contributed by atoms with Crippen molar-refractivity contribution in [1.82, 2.24) is 15.5 Å². The van der Waals surface area contributed by atoms with Gasteiger partial charge in [0.05, 0.1) is 6.04 Å². The molecule has 6 nitrogen and oxygen atoms in total. The fraction of sp³-hybridized carbons (Fsp3) is 0.609. The van der Waals surface area contributed by atoms with Crippen molar-refractivity contribution < 1.29 is 14.4 Å². The molecule has 3 atom stereocenters. The normalized spacial score (nSPS) is 25.4. The van der Waals surface area contributed by atoms with Gasteiger partial charge in [-0.25, -0.2) is 4.79 Å². The monoisotopic (exact) mass is 399 g/mol. The van der Waals surface area contributed by atoms with Gasteiger partial charge in [0.1, 0.15) is 12.1 Å². The van der Waals surface area contributed by atoms with Gasteiger partial charge in [-0.3, -0.25) is 14.5 Å². The molecule has 1 saturated carbocycles. The quantitative estimate of drug-likeness (QED) is 0.718. The molecule has 0 bridgehead atoms. The first-order valence-corrected chi connectivity index (χ1v) is 10.7. The molecule has 6 heteroatoms. The van der Waals surface area contributed by atoms with E-state index in [1.54, 1.807) is 0 Å². The number of hydrogen-bond acceptors (Lipinski definition) is 3. The third-order valence-corrected chi connectivity index (χ3v) is 6.30. The zero-order valence-electron chi connectivity index (χ0n) is 18.0. The van der Waals surface area contributed by atoms with Crippen LogP contribution in [-0.2, 0) is 16.0 Å². The summed E-state index contributed by atoms with van der Waals surface area (Å²) in [6.45, 7) is 8.04. The first-order chi connectivity index (χ1) is 13.7. The van der Waals surface area contributed by atoms with Crippen LogP contribution in [0.5, 0.6) is 0 Å². The molecule has 1 aliphatic heterocycles. The fourth-order valence-corrected chi connectivity index (χ4v) is 4.57. The van der Waals surface area contributed by atoms with Crippen LogP contribution >= 0.6 is 0 Å². The maximum Gasteiger partial charge on any atom is 0.325 e. The fourth-order valence-electron chi connectivity index (χ4n) is 4.57. The van der Waals surface area contributed by atoms with E-state index in [2.05, 4.69) is 36.6 Å². The van der Waals surface area contributed by atoms with Gasteiger partial charge in [-0.1, -0.05) is 57.9 Å². The third-order valence-electron chi connectivity index (χ3n) is 6.30. The van der Waals surface area contributed by atoms with Crippen molar-refractivity contribution >= 4 is 17.8 Å². The van der Waals surface area contributed by atoms with Crippen LogP contribution in [0, 0.1) is 11.8 Å². The van der Waals surface area contributed by atoms with Gasteiger partial charge < -0.3 is 10.6 Å². The Hall–Kier alpha value is -2.37. The van der Waals surface area contributed by atoms with E-state index >= 15 is 0 Å². The van der Waals surface area contributed by atoms with Crippen molar-refractivity contribution in [2.45, 2.75) is 71.4 Å². The highest BCUT2D eigenvalue weighted by molar-refractivity contribution is 6.09. The molecular weight excluding hydrogens is 366 g/mol. The van der Waals surface area contributed by atoms with E-state index in [9.17, 15) is 14.4 Å². The van der Waals surface area contributed by atoms with Crippen LogP contribution < -0.4 is 10.6 Å². The second-order valence-corrected chi connectivity index (χ2v) is 9.07. The molecule has 0 aromatic heterocycles. The SMILES string of the molecule is CC(C)Cc1ccc(C(C)NC(=O)CN2C(=O)NC3(CCCCC3C)C2=O)cc1. The zero-order valence-corrected chi connectivity index (χ0v) is 18.0. The zero-order chi connectivity index (χ0) is 21.2. The lowest BCUT2D eigenvalue weighted by molar-refractivity contribution is -0.137. The summed E-state index contributed by atoms with van der Waals surface area (Å²) < 4.78 is 0. The Labute approximate surface area is 173 Å². The molecule has 1 spiro atoms. The molecule has 2 aliphatic rings. The van der Waals surface area contributed by atoms with E-state index in [4.69, 9.17) is 0 Å². The molecule has 0 radical (unpaired) electrons. The number of rotatable bonds is 6. The van der Waals surface area contributed by atoms with Crippen molar-refractivity contribution in [3.05, 3.63) is 35.4 Å². The second-order valence-electron chi connectivity index (χ2n) is 9.07. The van der Waals surface area contributed by atoms with E-state index in [0.717, 1.165) is 36.1 Å². The summed E-state index contributed by atoms with van der Waals surface area (Å²) in [4.78, 5) is 39.0. The molecule has 1 aliphatic carbocycles. The Bertz CT molecular complexity index is 774. The number of nitrogens with zero attached hydrogens (tertiary/aromatic N) is 1. The first kappa shape index (κ1) is 21.3. The van der Waals surface area contributed by atoms with E-state index in [-0.39, 0.29) is 30.3 Å². The topological polar surface area (TPSA) is 78.5 Å². The van der Waals surface area contributed by atoms with Crippen molar-refractivity contribution in [3.63, 3.8) is 0 Å². The average Bonchev–Trinajstić information content (AvgIpc) is 2.89. The Balaban J connectivity index is 1.60. The minimum atomic E-state index is -0.826. The Kier molecular flexibility index (Phi) is 6.30. The van der Waals surface area contributed by atoms with Gasteiger partial charge in [-0.15, -0.1) is 0 Å². The molecule has 2 N–H and O–H groups in total. The molecule has 3 rings (SSSR count). The highest BCUT2D eigenvalue weighted by atomic mass is 16.2. The lowest BCUT2D eigenvalue weighted by Crippen LogP contribution is -2.54. The predicted molar refractivity (Wildman–Crippen MR) is 112 cm³/mol. The first-order valence-electron chi connectivity index (χ1n) is 10.7. The van der Waals surface area contributed by atoms with E-state index in [1.807, 2.05) is 26.0 Å². The molecule has 1 aromatic rings. The maximum absolute atomic E-state index is 13.0. The van der Waals surface area contributed by atoms with Crippen LogP contribution in [-0.4, -0.2) is 34.8 Å². The summed E-state index contributed by atoms with van der Waals surface area (Å²) in [6.07, 6.45) is 4.57. The standard InChI is InChI=1S/C23H33N3O3/c1-15(2)13-18-8-10-19(11-9-18)17(4)24-20(27)14-26-21(28)23(25-22(26)29)12-6-5-7-16(23)3/h8-11,15-17H,5-7,12-14H2,1-4H3,(H,24,27)(H,25,29). The van der Waals surface area contributed by atoms with Crippen LogP contribution in [0.4, 0.5) is 4.79 Å². The molecule has 2 fully saturated rings. The summed E-state index contributed by atoms with van der Waals surface area (Å²) in [5.74, 6) is 0.102. The summed E-state index contributed by atoms with van der Waals surface area (Å²) in [6, 6.07) is 7.57. The highest BCUT2D eigenvalue weighted by Crippen LogP contribution is 2.38. The number of benzene rings is 1. The van der Waals surface area contributed by atoms with E-state index in [1.165, 1.54) is 5.56 Å². The Morgan fingerprint density at radius 3 is 2.52 bits per heavy atom. The van der Waals surface area contributed by atoms with E-state index in [0.29, 0.717) is 12.3 Å². The maximum atomic E-state index is 13.0. The summed E-state index contributed by atoms with van der Waals surface area (Å²) >= 11 is 0. The lowest BCUT2D eigenvalue weighted by Gasteiger charge is -2.36. The molecule has 4 amide bonds. The summed E-state index contributed by atoms with van der Waals surface area (Å²) in [5, 5.41) is 5.80. The minimum absolute atomic E-state index is 0.0871. The number of carbonyl (C=O) groups is 3. The number of urea groups is 1. The smallest absolute Gasteiger partial charge is 0.325 e. The third kappa shape index (κ3) is 4.46. The van der Waals surface area contributed by atoms with Gasteiger partial charge in [-0.05, 0) is 49.1 Å². The highest BCUT2D eigenvalue weighted by Gasteiger charge is 2.55. The van der Waals surface area contributed by atoms with Gasteiger partial charge in [0, 0.05) is 0 Å².